The molecule has 0 amide bonds. The van der Waals surface area contributed by atoms with Crippen molar-refractivity contribution in [1.82, 2.24) is 9.84 Å². The Hall–Kier alpha value is -1.93. The first-order valence-electron chi connectivity index (χ1n) is 10.7. The molecule has 1 N–H and O–H groups in total. The first kappa shape index (κ1) is 22.3. The summed E-state index contributed by atoms with van der Waals surface area (Å²) in [4.78, 5) is 14.8. The Bertz CT molecular complexity index is 1020. The van der Waals surface area contributed by atoms with Crippen LogP contribution < -0.4 is 9.57 Å². The van der Waals surface area contributed by atoms with Crippen molar-refractivity contribution in [3.8, 4) is 5.75 Å². The maximum atomic E-state index is 12.6. The lowest BCUT2D eigenvalue weighted by molar-refractivity contribution is 0.0967. The molecule has 2 fully saturated rings. The topological polar surface area (TPSA) is 75.7 Å². The molecule has 0 bridgehead atoms. The van der Waals surface area contributed by atoms with E-state index < -0.39 is 10.0 Å². The first-order valence-corrected chi connectivity index (χ1v) is 12.6. The molecule has 2 aliphatic rings. The third-order valence-corrected chi connectivity index (χ3v) is 7.65. The van der Waals surface area contributed by atoms with E-state index in [1.54, 1.807) is 23.2 Å². The number of ether oxygens (including phenoxy) is 1. The number of halogens is 1. The second-order valence-electron chi connectivity index (χ2n) is 8.28. The van der Waals surface area contributed by atoms with Crippen LogP contribution in [0.3, 0.4) is 0 Å². The Balaban J connectivity index is 1.18. The van der Waals surface area contributed by atoms with Crippen LogP contribution in [0, 0.1) is 11.8 Å². The molecule has 1 heterocycles. The summed E-state index contributed by atoms with van der Waals surface area (Å²) in [5, 5.41) is 1.97. The van der Waals surface area contributed by atoms with Crippen LogP contribution in [0.4, 0.5) is 0 Å². The van der Waals surface area contributed by atoms with Crippen LogP contribution in [0.1, 0.15) is 42.5 Å². The quantitative estimate of drug-likeness (QED) is 0.420. The van der Waals surface area contributed by atoms with Gasteiger partial charge in [0.2, 0.25) is 0 Å². The van der Waals surface area contributed by atoms with Crippen molar-refractivity contribution >= 4 is 27.4 Å². The third kappa shape index (κ3) is 5.86. The maximum absolute atomic E-state index is 12.6. The highest BCUT2D eigenvalue weighted by Gasteiger charge is 2.30. The molecule has 1 atom stereocenters. The first-order chi connectivity index (χ1) is 14.9. The van der Waals surface area contributed by atoms with E-state index in [1.807, 2.05) is 24.3 Å². The molecule has 6 nitrogen and oxygen atoms in total. The Kier molecular flexibility index (Phi) is 6.96. The van der Waals surface area contributed by atoms with E-state index in [9.17, 15) is 13.2 Å². The number of ketones is 1. The van der Waals surface area contributed by atoms with Crippen molar-refractivity contribution in [2.75, 3.05) is 19.7 Å². The standard InChI is InChI=1S/C23H27ClN2O4S/c24-21-5-1-2-6-22(21)31(28,29)25-26-14-13-17(16-26)4-3-15-30-20-11-9-19(10-12-20)23(27)18-7-8-18/h1-2,5-6,9-12,17-18,25H,3-4,7-8,13-16H2/t17-/m1/s1. The highest BCUT2D eigenvalue weighted by molar-refractivity contribution is 7.89. The molecule has 1 aliphatic carbocycles. The summed E-state index contributed by atoms with van der Waals surface area (Å²) >= 11 is 6.03. The van der Waals surface area contributed by atoms with Crippen LogP contribution in [0.5, 0.6) is 5.75 Å². The van der Waals surface area contributed by atoms with Gasteiger partial charge in [-0.3, -0.25) is 4.79 Å². The number of hydrogen-bond acceptors (Lipinski definition) is 5. The zero-order valence-corrected chi connectivity index (χ0v) is 18.9. The molecule has 8 heteroatoms. The largest absolute Gasteiger partial charge is 0.494 e. The van der Waals surface area contributed by atoms with Crippen LogP contribution in [0.15, 0.2) is 53.4 Å². The number of Topliss-reactive ketones (excluding diaryl/α,β-unsaturated/α-hetero) is 1. The number of carbonyl (C=O) groups excluding carboxylic acids is 1. The second-order valence-corrected chi connectivity index (χ2v) is 10.3. The van der Waals surface area contributed by atoms with Crippen LogP contribution >= 0.6 is 11.6 Å². The van der Waals surface area contributed by atoms with Gasteiger partial charge in [-0.2, -0.15) is 0 Å². The average Bonchev–Trinajstić information content (AvgIpc) is 3.52. The van der Waals surface area contributed by atoms with E-state index in [0.29, 0.717) is 25.6 Å². The van der Waals surface area contributed by atoms with Crippen LogP contribution in [0.25, 0.3) is 0 Å². The van der Waals surface area contributed by atoms with Crippen molar-refractivity contribution in [3.63, 3.8) is 0 Å². The van der Waals surface area contributed by atoms with Gasteiger partial charge < -0.3 is 4.74 Å². The number of nitrogens with one attached hydrogen (secondary N) is 1. The molecule has 166 valence electrons. The molecule has 1 saturated carbocycles. The molecule has 0 spiro atoms. The molecule has 1 aliphatic heterocycles. The average molecular weight is 463 g/mol. The van der Waals surface area contributed by atoms with Gasteiger partial charge in [-0.15, -0.1) is 4.83 Å². The Morgan fingerprint density at radius 1 is 1.10 bits per heavy atom. The van der Waals surface area contributed by atoms with Gasteiger partial charge in [0.15, 0.2) is 5.78 Å². The minimum atomic E-state index is -3.68. The lowest BCUT2D eigenvalue weighted by atomic mass is 10.0. The SMILES string of the molecule is O=C(c1ccc(OCCC[C@@H]2CCN(NS(=O)(=O)c3ccccc3Cl)C2)cc1)C1CC1. The number of benzene rings is 2. The van der Waals surface area contributed by atoms with Gasteiger partial charge in [-0.1, -0.05) is 23.7 Å². The number of rotatable bonds is 10. The molecule has 31 heavy (non-hydrogen) atoms. The van der Waals surface area contributed by atoms with E-state index in [1.165, 1.54) is 6.07 Å². The summed E-state index contributed by atoms with van der Waals surface area (Å²) in [6.07, 6.45) is 4.80. The predicted molar refractivity (Wildman–Crippen MR) is 120 cm³/mol. The summed E-state index contributed by atoms with van der Waals surface area (Å²) in [7, 11) is -3.68. The fourth-order valence-corrected chi connectivity index (χ4v) is 5.52. The highest BCUT2D eigenvalue weighted by atomic mass is 35.5. The number of nitrogens with zero attached hydrogens (tertiary/aromatic N) is 1. The molecular weight excluding hydrogens is 436 g/mol. The molecule has 0 aromatic heterocycles. The lowest BCUT2D eigenvalue weighted by Crippen LogP contribution is -2.40. The van der Waals surface area contributed by atoms with Crippen LogP contribution in [0.2, 0.25) is 5.02 Å². The van der Waals surface area contributed by atoms with Gasteiger partial charge >= 0.3 is 0 Å². The molecule has 0 radical (unpaired) electrons. The summed E-state index contributed by atoms with van der Waals surface area (Å²) in [6.45, 7) is 1.94. The van der Waals surface area contributed by atoms with E-state index in [-0.39, 0.29) is 21.6 Å². The zero-order chi connectivity index (χ0) is 21.8. The predicted octanol–water partition coefficient (Wildman–Crippen LogP) is 4.31. The second kappa shape index (κ2) is 9.69. The zero-order valence-electron chi connectivity index (χ0n) is 17.3. The van der Waals surface area contributed by atoms with E-state index >= 15 is 0 Å². The molecule has 2 aromatic carbocycles. The van der Waals surface area contributed by atoms with Crippen molar-refractivity contribution in [2.45, 2.75) is 37.0 Å². The van der Waals surface area contributed by atoms with E-state index in [0.717, 1.165) is 43.4 Å². The van der Waals surface area contributed by atoms with Gasteiger partial charge in [0.1, 0.15) is 10.6 Å². The van der Waals surface area contributed by atoms with Crippen molar-refractivity contribution in [3.05, 3.63) is 59.1 Å². The lowest BCUT2D eigenvalue weighted by Gasteiger charge is -2.18. The Morgan fingerprint density at radius 3 is 2.55 bits per heavy atom. The normalized spacial score (nSPS) is 19.5. The van der Waals surface area contributed by atoms with Gasteiger partial charge in [0, 0.05) is 24.6 Å². The van der Waals surface area contributed by atoms with Crippen LogP contribution in [-0.2, 0) is 10.0 Å². The molecular formula is C23H27ClN2O4S. The summed E-state index contributed by atoms with van der Waals surface area (Å²) in [6, 6.07) is 13.8. The fourth-order valence-electron chi connectivity index (χ4n) is 3.89. The monoisotopic (exact) mass is 462 g/mol. The fraction of sp³-hybridized carbons (Fsp3) is 0.435. The Labute approximate surface area is 188 Å². The summed E-state index contributed by atoms with van der Waals surface area (Å²) in [5.41, 5.74) is 0.764. The van der Waals surface area contributed by atoms with Crippen LogP contribution in [-0.4, -0.2) is 38.9 Å². The smallest absolute Gasteiger partial charge is 0.254 e. The van der Waals surface area contributed by atoms with Gasteiger partial charge in [0.05, 0.1) is 11.6 Å². The Morgan fingerprint density at radius 2 is 1.84 bits per heavy atom. The number of carbonyl (C=O) groups is 1. The van der Waals surface area contributed by atoms with Gasteiger partial charge in [-0.05, 0) is 74.4 Å². The van der Waals surface area contributed by atoms with E-state index in [2.05, 4.69) is 4.83 Å². The maximum Gasteiger partial charge on any atom is 0.254 e. The van der Waals surface area contributed by atoms with Gasteiger partial charge in [0.25, 0.3) is 10.0 Å². The summed E-state index contributed by atoms with van der Waals surface area (Å²) < 4.78 is 30.9. The van der Waals surface area contributed by atoms with Gasteiger partial charge in [-0.25, -0.2) is 13.4 Å². The highest BCUT2D eigenvalue weighted by Crippen LogP contribution is 2.33. The minimum Gasteiger partial charge on any atom is -0.494 e. The number of sulfonamides is 1. The molecule has 1 saturated heterocycles. The van der Waals surface area contributed by atoms with E-state index in [4.69, 9.17) is 16.3 Å². The minimum absolute atomic E-state index is 0.0957. The third-order valence-electron chi connectivity index (χ3n) is 5.77. The summed E-state index contributed by atoms with van der Waals surface area (Å²) in [5.74, 6) is 1.65. The number of hydrogen-bond donors (Lipinski definition) is 1. The molecule has 2 aromatic rings. The number of hydrazine groups is 1. The van der Waals surface area contributed by atoms with Crippen molar-refractivity contribution in [1.29, 1.82) is 0 Å². The molecule has 4 rings (SSSR count). The van der Waals surface area contributed by atoms with Crippen molar-refractivity contribution < 1.29 is 17.9 Å². The molecule has 0 unspecified atom stereocenters. The van der Waals surface area contributed by atoms with Crippen molar-refractivity contribution in [2.24, 2.45) is 11.8 Å².